The number of ether oxygens (including phenoxy) is 4. The van der Waals surface area contributed by atoms with Gasteiger partial charge in [0.1, 0.15) is 31.2 Å². The summed E-state index contributed by atoms with van der Waals surface area (Å²) in [5, 5.41) is 20.5. The SMILES string of the molecule is O=C(c1ccccc1O)c1ccc(OCC2CO2)c(OCC2CO2)c1O. The van der Waals surface area contributed by atoms with E-state index < -0.39 is 5.78 Å². The van der Waals surface area contributed by atoms with Crippen LogP contribution < -0.4 is 9.47 Å². The molecule has 2 aliphatic heterocycles. The van der Waals surface area contributed by atoms with Crippen LogP contribution in [0.5, 0.6) is 23.0 Å². The highest BCUT2D eigenvalue weighted by Crippen LogP contribution is 2.41. The van der Waals surface area contributed by atoms with E-state index in [1.54, 1.807) is 18.2 Å². The third-order valence-corrected chi connectivity index (χ3v) is 4.13. The summed E-state index contributed by atoms with van der Waals surface area (Å²) < 4.78 is 21.5. The third-order valence-electron chi connectivity index (χ3n) is 4.13. The second-order valence-corrected chi connectivity index (χ2v) is 6.17. The molecule has 0 aliphatic carbocycles. The first-order valence-corrected chi connectivity index (χ1v) is 8.31. The molecular weight excluding hydrogens is 340 g/mol. The normalized spacial score (nSPS) is 20.5. The maximum absolute atomic E-state index is 12.7. The monoisotopic (exact) mass is 358 g/mol. The molecule has 7 nitrogen and oxygen atoms in total. The molecule has 2 N–H and O–H groups in total. The Balaban J connectivity index is 1.64. The number of benzene rings is 2. The van der Waals surface area contributed by atoms with Crippen LogP contribution in [0.4, 0.5) is 0 Å². The van der Waals surface area contributed by atoms with Crippen LogP contribution in [0.15, 0.2) is 36.4 Å². The number of para-hydroxylation sites is 1. The zero-order valence-electron chi connectivity index (χ0n) is 13.9. The van der Waals surface area contributed by atoms with E-state index in [-0.39, 0.29) is 47.2 Å². The summed E-state index contributed by atoms with van der Waals surface area (Å²) in [4.78, 5) is 12.7. The zero-order chi connectivity index (χ0) is 18.1. The van der Waals surface area contributed by atoms with Gasteiger partial charge in [0.05, 0.1) is 24.3 Å². The van der Waals surface area contributed by atoms with Gasteiger partial charge in [0.25, 0.3) is 0 Å². The molecule has 2 aromatic rings. The molecule has 26 heavy (non-hydrogen) atoms. The number of rotatable bonds is 8. The van der Waals surface area contributed by atoms with Crippen molar-refractivity contribution in [1.82, 2.24) is 0 Å². The highest BCUT2D eigenvalue weighted by Gasteiger charge is 2.28. The number of carbonyl (C=O) groups excluding carboxylic acids is 1. The Bertz CT molecular complexity index is 825. The first-order chi connectivity index (χ1) is 12.6. The van der Waals surface area contributed by atoms with Crippen molar-refractivity contribution in [3.63, 3.8) is 0 Å². The second-order valence-electron chi connectivity index (χ2n) is 6.17. The second kappa shape index (κ2) is 6.86. The molecule has 0 aromatic heterocycles. The lowest BCUT2D eigenvalue weighted by Gasteiger charge is -2.15. The number of phenolic OH excluding ortho intramolecular Hbond substituents is 2. The van der Waals surface area contributed by atoms with Crippen molar-refractivity contribution in [3.8, 4) is 23.0 Å². The molecule has 0 spiro atoms. The van der Waals surface area contributed by atoms with Crippen molar-refractivity contribution in [1.29, 1.82) is 0 Å². The van der Waals surface area contributed by atoms with E-state index in [9.17, 15) is 15.0 Å². The Kier molecular flexibility index (Phi) is 4.40. The standard InChI is InChI=1S/C19H18O7/c20-15-4-2-1-3-13(15)17(21)14-5-6-16(25-9-11-7-23-11)19(18(14)22)26-10-12-8-24-12/h1-6,11-12,20,22H,7-10H2. The fourth-order valence-electron chi connectivity index (χ4n) is 2.49. The Morgan fingerprint density at radius 3 is 2.27 bits per heavy atom. The fourth-order valence-corrected chi connectivity index (χ4v) is 2.49. The Hall–Kier alpha value is -2.77. The van der Waals surface area contributed by atoms with Crippen molar-refractivity contribution >= 4 is 5.78 Å². The minimum Gasteiger partial charge on any atom is -0.507 e. The van der Waals surface area contributed by atoms with E-state index in [2.05, 4.69) is 0 Å². The molecule has 2 saturated heterocycles. The van der Waals surface area contributed by atoms with E-state index in [1.807, 2.05) is 0 Å². The average molecular weight is 358 g/mol. The number of carbonyl (C=O) groups is 1. The lowest BCUT2D eigenvalue weighted by molar-refractivity contribution is 0.103. The maximum Gasteiger partial charge on any atom is 0.204 e. The molecule has 2 unspecified atom stereocenters. The van der Waals surface area contributed by atoms with E-state index in [1.165, 1.54) is 18.2 Å². The average Bonchev–Trinajstić information content (AvgIpc) is 3.54. The van der Waals surface area contributed by atoms with Gasteiger partial charge in [-0.1, -0.05) is 12.1 Å². The molecule has 4 rings (SSSR count). The van der Waals surface area contributed by atoms with Gasteiger partial charge in [-0.25, -0.2) is 0 Å². The summed E-state index contributed by atoms with van der Waals surface area (Å²) in [6.07, 6.45) is 0.0193. The number of phenols is 2. The van der Waals surface area contributed by atoms with Crippen molar-refractivity contribution in [2.45, 2.75) is 12.2 Å². The predicted molar refractivity (Wildman–Crippen MR) is 90.1 cm³/mol. The molecular formula is C19H18O7. The van der Waals surface area contributed by atoms with Gasteiger partial charge < -0.3 is 29.2 Å². The van der Waals surface area contributed by atoms with Crippen LogP contribution in [-0.2, 0) is 9.47 Å². The molecule has 2 heterocycles. The van der Waals surface area contributed by atoms with E-state index >= 15 is 0 Å². The van der Waals surface area contributed by atoms with Crippen LogP contribution in [0, 0.1) is 0 Å². The topological polar surface area (TPSA) is 101 Å². The highest BCUT2D eigenvalue weighted by molar-refractivity contribution is 6.12. The molecule has 2 atom stereocenters. The Morgan fingerprint density at radius 1 is 0.962 bits per heavy atom. The Morgan fingerprint density at radius 2 is 1.62 bits per heavy atom. The van der Waals surface area contributed by atoms with Gasteiger partial charge in [-0.3, -0.25) is 4.79 Å². The maximum atomic E-state index is 12.7. The Labute approximate surface area is 149 Å². The summed E-state index contributed by atoms with van der Waals surface area (Å²) >= 11 is 0. The van der Waals surface area contributed by atoms with E-state index in [4.69, 9.17) is 18.9 Å². The van der Waals surface area contributed by atoms with Gasteiger partial charge in [-0.05, 0) is 24.3 Å². The minimum absolute atomic E-state index is 0.0215. The van der Waals surface area contributed by atoms with Gasteiger partial charge in [-0.2, -0.15) is 0 Å². The van der Waals surface area contributed by atoms with Crippen molar-refractivity contribution in [3.05, 3.63) is 47.5 Å². The van der Waals surface area contributed by atoms with Gasteiger partial charge in [-0.15, -0.1) is 0 Å². The molecule has 136 valence electrons. The van der Waals surface area contributed by atoms with Crippen LogP contribution in [-0.4, -0.2) is 54.6 Å². The van der Waals surface area contributed by atoms with Crippen molar-refractivity contribution in [2.24, 2.45) is 0 Å². The molecule has 0 saturated carbocycles. The molecule has 0 bridgehead atoms. The lowest BCUT2D eigenvalue weighted by atomic mass is 10.0. The van der Waals surface area contributed by atoms with Crippen molar-refractivity contribution < 1.29 is 34.0 Å². The van der Waals surface area contributed by atoms with Gasteiger partial charge in [0.2, 0.25) is 11.5 Å². The first-order valence-electron chi connectivity index (χ1n) is 8.31. The fraction of sp³-hybridized carbons (Fsp3) is 0.316. The van der Waals surface area contributed by atoms with Crippen LogP contribution in [0.25, 0.3) is 0 Å². The molecule has 0 amide bonds. The van der Waals surface area contributed by atoms with Gasteiger partial charge >= 0.3 is 0 Å². The summed E-state index contributed by atoms with van der Waals surface area (Å²) in [5.74, 6) is -0.579. The zero-order valence-corrected chi connectivity index (χ0v) is 13.9. The summed E-state index contributed by atoms with van der Waals surface area (Å²) in [6, 6.07) is 9.18. The van der Waals surface area contributed by atoms with Crippen LogP contribution in [0.2, 0.25) is 0 Å². The quantitative estimate of drug-likeness (QED) is 0.549. The smallest absolute Gasteiger partial charge is 0.204 e. The van der Waals surface area contributed by atoms with E-state index in [0.717, 1.165) is 0 Å². The summed E-state index contributed by atoms with van der Waals surface area (Å²) in [7, 11) is 0. The number of hydrogen-bond donors (Lipinski definition) is 2. The number of ketones is 1. The predicted octanol–water partition coefficient (Wildman–Crippen LogP) is 1.88. The highest BCUT2D eigenvalue weighted by atomic mass is 16.6. The molecule has 7 heteroatoms. The minimum atomic E-state index is -0.509. The number of epoxide rings is 2. The van der Waals surface area contributed by atoms with Crippen molar-refractivity contribution in [2.75, 3.05) is 26.4 Å². The van der Waals surface area contributed by atoms with Crippen LogP contribution >= 0.6 is 0 Å². The van der Waals surface area contributed by atoms with Gasteiger partial charge in [0, 0.05) is 0 Å². The molecule has 2 aromatic carbocycles. The molecule has 2 fully saturated rings. The molecule has 2 aliphatic rings. The third kappa shape index (κ3) is 3.58. The van der Waals surface area contributed by atoms with E-state index in [0.29, 0.717) is 25.6 Å². The largest absolute Gasteiger partial charge is 0.507 e. The first kappa shape index (κ1) is 16.7. The number of hydrogen-bond acceptors (Lipinski definition) is 7. The molecule has 0 radical (unpaired) electrons. The van der Waals surface area contributed by atoms with Crippen LogP contribution in [0.3, 0.4) is 0 Å². The van der Waals surface area contributed by atoms with Crippen LogP contribution in [0.1, 0.15) is 15.9 Å². The lowest BCUT2D eigenvalue weighted by Crippen LogP contribution is -2.10. The summed E-state index contributed by atoms with van der Waals surface area (Å²) in [5.41, 5.74) is 0.118. The number of aromatic hydroxyl groups is 2. The van der Waals surface area contributed by atoms with Gasteiger partial charge in [0.15, 0.2) is 11.5 Å². The summed E-state index contributed by atoms with van der Waals surface area (Å²) in [6.45, 7) is 1.83.